The molecule has 0 bridgehead atoms. The fraction of sp³-hybridized carbons (Fsp3) is 0.444. The van der Waals surface area contributed by atoms with Gasteiger partial charge in [-0.3, -0.25) is 0 Å². The highest BCUT2D eigenvalue weighted by Crippen LogP contribution is 2.22. The number of nitrogens with zero attached hydrogens (tertiary/aromatic N) is 1. The molecule has 0 saturated heterocycles. The number of aliphatic hydroxyl groups excluding tert-OH is 1. The van der Waals surface area contributed by atoms with E-state index in [2.05, 4.69) is 10.3 Å². The van der Waals surface area contributed by atoms with Crippen LogP contribution in [-0.2, 0) is 0 Å². The third-order valence-corrected chi connectivity index (χ3v) is 2.19. The molecule has 1 aromatic rings. The summed E-state index contributed by atoms with van der Waals surface area (Å²) in [5.41, 5.74) is 0. The Bertz CT molecular complexity index is 282. The predicted octanol–water partition coefficient (Wildman–Crippen LogP) is 1.16. The summed E-state index contributed by atoms with van der Waals surface area (Å²) in [5.74, 6) is 0.331. The van der Waals surface area contributed by atoms with Gasteiger partial charge in [-0.15, -0.1) is 0 Å². The summed E-state index contributed by atoms with van der Waals surface area (Å²) in [4.78, 5) is 3.86. The first kappa shape index (κ1) is 8.44. The van der Waals surface area contributed by atoms with E-state index >= 15 is 0 Å². The molecule has 1 aliphatic carbocycles. The number of hydrogen-bond donors (Lipinski definition) is 2. The lowest BCUT2D eigenvalue weighted by Gasteiger charge is -2.32. The van der Waals surface area contributed by atoms with Crippen molar-refractivity contribution >= 4 is 5.82 Å². The molecule has 0 amide bonds. The molecule has 3 nitrogen and oxygen atoms in total. The van der Waals surface area contributed by atoms with Crippen LogP contribution >= 0.6 is 0 Å². The van der Waals surface area contributed by atoms with Crippen LogP contribution < -0.4 is 5.32 Å². The second-order valence-electron chi connectivity index (χ2n) is 3.33. The van der Waals surface area contributed by atoms with Crippen LogP contribution in [0.3, 0.4) is 0 Å². The van der Waals surface area contributed by atoms with E-state index in [1.54, 1.807) is 6.07 Å². The van der Waals surface area contributed by atoms with Crippen LogP contribution in [0.1, 0.15) is 12.8 Å². The van der Waals surface area contributed by atoms with Crippen LogP contribution in [0.2, 0.25) is 0 Å². The maximum Gasteiger partial charge on any atom is 0.141 e. The predicted molar refractivity (Wildman–Crippen MR) is 46.8 cm³/mol. The van der Waals surface area contributed by atoms with Crippen molar-refractivity contribution < 1.29 is 9.50 Å². The van der Waals surface area contributed by atoms with Gasteiger partial charge in [0.2, 0.25) is 0 Å². The van der Waals surface area contributed by atoms with Crippen molar-refractivity contribution in [2.75, 3.05) is 5.32 Å². The summed E-state index contributed by atoms with van der Waals surface area (Å²) < 4.78 is 12.5. The fourth-order valence-corrected chi connectivity index (χ4v) is 1.38. The van der Waals surface area contributed by atoms with Crippen molar-refractivity contribution in [2.45, 2.75) is 25.0 Å². The highest BCUT2D eigenvalue weighted by Gasteiger charge is 2.26. The van der Waals surface area contributed by atoms with Gasteiger partial charge >= 0.3 is 0 Å². The van der Waals surface area contributed by atoms with Crippen LogP contribution in [0, 0.1) is 5.82 Å². The van der Waals surface area contributed by atoms with Gasteiger partial charge in [-0.2, -0.15) is 0 Å². The quantitative estimate of drug-likeness (QED) is 0.721. The molecular formula is C9H11FN2O. The zero-order chi connectivity index (χ0) is 9.26. The van der Waals surface area contributed by atoms with Gasteiger partial charge in [0.1, 0.15) is 11.6 Å². The SMILES string of the molecule is OC1CC(Nc2ccc(F)cn2)C1. The number of hydrogen-bond acceptors (Lipinski definition) is 3. The lowest BCUT2D eigenvalue weighted by molar-refractivity contribution is 0.0835. The molecule has 70 valence electrons. The van der Waals surface area contributed by atoms with Gasteiger partial charge in [-0.05, 0) is 25.0 Å². The summed E-state index contributed by atoms with van der Waals surface area (Å²) in [5, 5.41) is 12.1. The molecule has 1 heterocycles. The van der Waals surface area contributed by atoms with E-state index < -0.39 is 0 Å². The molecule has 1 aromatic heterocycles. The van der Waals surface area contributed by atoms with Crippen molar-refractivity contribution in [1.82, 2.24) is 4.98 Å². The molecule has 4 heteroatoms. The molecule has 1 fully saturated rings. The van der Waals surface area contributed by atoms with E-state index in [4.69, 9.17) is 5.11 Å². The number of pyridine rings is 1. The lowest BCUT2D eigenvalue weighted by Crippen LogP contribution is -2.39. The number of anilines is 1. The largest absolute Gasteiger partial charge is 0.393 e. The van der Waals surface area contributed by atoms with Crippen molar-refractivity contribution in [3.63, 3.8) is 0 Å². The number of aromatic nitrogens is 1. The van der Waals surface area contributed by atoms with E-state index in [9.17, 15) is 4.39 Å². The average molecular weight is 182 g/mol. The first-order chi connectivity index (χ1) is 6.24. The van der Waals surface area contributed by atoms with Crippen molar-refractivity contribution in [3.05, 3.63) is 24.1 Å². The van der Waals surface area contributed by atoms with Crippen LogP contribution in [0.5, 0.6) is 0 Å². The van der Waals surface area contributed by atoms with Crippen LogP contribution in [0.15, 0.2) is 18.3 Å². The van der Waals surface area contributed by atoms with Gasteiger partial charge in [0.15, 0.2) is 0 Å². The minimum Gasteiger partial charge on any atom is -0.393 e. The highest BCUT2D eigenvalue weighted by molar-refractivity contribution is 5.35. The number of nitrogens with one attached hydrogen (secondary N) is 1. The molecule has 13 heavy (non-hydrogen) atoms. The molecule has 0 aliphatic heterocycles. The Kier molecular flexibility index (Phi) is 2.14. The Hall–Kier alpha value is -1.16. The Morgan fingerprint density at radius 2 is 2.23 bits per heavy atom. The Labute approximate surface area is 75.6 Å². The maximum atomic E-state index is 12.5. The molecule has 0 unspecified atom stereocenters. The monoisotopic (exact) mass is 182 g/mol. The van der Waals surface area contributed by atoms with E-state index in [-0.39, 0.29) is 18.0 Å². The van der Waals surface area contributed by atoms with Gasteiger partial charge in [0.25, 0.3) is 0 Å². The molecule has 0 atom stereocenters. The average Bonchev–Trinajstić information content (AvgIpc) is 2.06. The zero-order valence-corrected chi connectivity index (χ0v) is 7.07. The first-order valence-electron chi connectivity index (χ1n) is 4.30. The summed E-state index contributed by atoms with van der Waals surface area (Å²) in [7, 11) is 0. The van der Waals surface area contributed by atoms with E-state index in [1.165, 1.54) is 12.3 Å². The number of rotatable bonds is 2. The van der Waals surface area contributed by atoms with Crippen molar-refractivity contribution in [3.8, 4) is 0 Å². The zero-order valence-electron chi connectivity index (χ0n) is 7.07. The molecule has 0 spiro atoms. The third-order valence-electron chi connectivity index (χ3n) is 2.19. The van der Waals surface area contributed by atoms with Gasteiger partial charge in [-0.25, -0.2) is 9.37 Å². The molecule has 0 radical (unpaired) electrons. The molecular weight excluding hydrogens is 171 g/mol. The fourth-order valence-electron chi connectivity index (χ4n) is 1.38. The lowest BCUT2D eigenvalue weighted by atomic mass is 9.89. The summed E-state index contributed by atoms with van der Waals surface area (Å²) in [6.07, 6.45) is 2.49. The minimum absolute atomic E-state index is 0.182. The number of aliphatic hydroxyl groups is 1. The smallest absolute Gasteiger partial charge is 0.141 e. The molecule has 1 saturated carbocycles. The van der Waals surface area contributed by atoms with Gasteiger partial charge in [0, 0.05) is 6.04 Å². The second kappa shape index (κ2) is 3.30. The Morgan fingerprint density at radius 1 is 1.46 bits per heavy atom. The van der Waals surface area contributed by atoms with Crippen LogP contribution in [-0.4, -0.2) is 22.2 Å². The second-order valence-corrected chi connectivity index (χ2v) is 3.33. The van der Waals surface area contributed by atoms with Gasteiger partial charge < -0.3 is 10.4 Å². The molecule has 2 rings (SSSR count). The van der Waals surface area contributed by atoms with Crippen molar-refractivity contribution in [1.29, 1.82) is 0 Å². The molecule has 2 N–H and O–H groups in total. The topological polar surface area (TPSA) is 45.1 Å². The van der Waals surface area contributed by atoms with Crippen LogP contribution in [0.4, 0.5) is 10.2 Å². The Balaban J connectivity index is 1.91. The summed E-state index contributed by atoms with van der Waals surface area (Å²) >= 11 is 0. The van der Waals surface area contributed by atoms with E-state index in [0.717, 1.165) is 12.8 Å². The highest BCUT2D eigenvalue weighted by atomic mass is 19.1. The molecule has 0 aromatic carbocycles. The van der Waals surface area contributed by atoms with Crippen LogP contribution in [0.25, 0.3) is 0 Å². The Morgan fingerprint density at radius 3 is 2.77 bits per heavy atom. The van der Waals surface area contributed by atoms with E-state index in [0.29, 0.717) is 5.82 Å². The number of halogens is 1. The normalized spacial score (nSPS) is 26.6. The summed E-state index contributed by atoms with van der Waals surface area (Å²) in [6, 6.07) is 3.25. The standard InChI is InChI=1S/C9H11FN2O/c10-6-1-2-9(11-5-6)12-7-3-8(13)4-7/h1-2,5,7-8,13H,3-4H2,(H,11,12). The summed E-state index contributed by atoms with van der Waals surface area (Å²) in [6.45, 7) is 0. The van der Waals surface area contributed by atoms with Gasteiger partial charge in [-0.1, -0.05) is 0 Å². The molecule has 1 aliphatic rings. The third kappa shape index (κ3) is 1.95. The van der Waals surface area contributed by atoms with Crippen molar-refractivity contribution in [2.24, 2.45) is 0 Å². The first-order valence-corrected chi connectivity index (χ1v) is 4.30. The van der Waals surface area contributed by atoms with Gasteiger partial charge in [0.05, 0.1) is 12.3 Å². The maximum absolute atomic E-state index is 12.5. The van der Waals surface area contributed by atoms with E-state index in [1.807, 2.05) is 0 Å². The minimum atomic E-state index is -0.334.